The first kappa shape index (κ1) is 15.2. The molecular weight excluding hydrogens is 304 g/mol. The molecule has 1 atom stereocenters. The number of aliphatic hydroxyl groups is 1. The third-order valence-corrected chi connectivity index (χ3v) is 4.58. The summed E-state index contributed by atoms with van der Waals surface area (Å²) in [6.45, 7) is 3.68. The van der Waals surface area contributed by atoms with Gasteiger partial charge in [0.15, 0.2) is 0 Å². The Morgan fingerprint density at radius 3 is 2.96 bits per heavy atom. The van der Waals surface area contributed by atoms with E-state index < -0.39 is 0 Å². The highest BCUT2D eigenvalue weighted by Crippen LogP contribution is 2.25. The van der Waals surface area contributed by atoms with Crippen LogP contribution in [0.25, 0.3) is 0 Å². The summed E-state index contributed by atoms with van der Waals surface area (Å²) in [6, 6.07) is 10.0. The van der Waals surface area contributed by atoms with Crippen molar-refractivity contribution < 1.29 is 9.84 Å². The highest BCUT2D eigenvalue weighted by molar-refractivity contribution is 5.46. The molecule has 0 amide bonds. The topological polar surface area (TPSA) is 61.7 Å². The molecule has 0 spiro atoms. The van der Waals surface area contributed by atoms with Crippen LogP contribution >= 0.6 is 0 Å². The summed E-state index contributed by atoms with van der Waals surface area (Å²) >= 11 is 0. The van der Waals surface area contributed by atoms with Gasteiger partial charge in [-0.15, -0.1) is 0 Å². The number of aromatic nitrogens is 2. The van der Waals surface area contributed by atoms with Gasteiger partial charge in [0.05, 0.1) is 12.6 Å². The third-order valence-electron chi connectivity index (χ3n) is 4.58. The molecule has 4 rings (SSSR count). The van der Waals surface area contributed by atoms with Crippen molar-refractivity contribution in [1.82, 2.24) is 9.97 Å². The van der Waals surface area contributed by atoms with Crippen molar-refractivity contribution in [3.63, 3.8) is 0 Å². The number of fused-ring (bicyclic) bond motifs is 1. The number of aliphatic hydroxyl groups excluding tert-OH is 1. The number of para-hydroxylation sites is 1. The Labute approximate surface area is 141 Å². The number of piperidine rings is 1. The molecule has 0 radical (unpaired) electrons. The summed E-state index contributed by atoms with van der Waals surface area (Å²) < 4.78 is 5.82. The third kappa shape index (κ3) is 3.14. The van der Waals surface area contributed by atoms with Crippen molar-refractivity contribution in [1.29, 1.82) is 0 Å². The Balaban J connectivity index is 1.57. The van der Waals surface area contributed by atoms with Gasteiger partial charge in [-0.25, -0.2) is 4.98 Å². The van der Waals surface area contributed by atoms with Gasteiger partial charge in [-0.2, -0.15) is 4.98 Å². The maximum Gasteiger partial charge on any atom is 0.227 e. The molecule has 1 saturated heterocycles. The van der Waals surface area contributed by atoms with Crippen LogP contribution < -0.4 is 14.5 Å². The molecule has 126 valence electrons. The van der Waals surface area contributed by atoms with Crippen molar-refractivity contribution in [3.8, 4) is 5.75 Å². The van der Waals surface area contributed by atoms with Crippen molar-refractivity contribution in [2.45, 2.75) is 25.5 Å². The van der Waals surface area contributed by atoms with E-state index in [4.69, 9.17) is 9.72 Å². The molecule has 1 fully saturated rings. The molecule has 0 bridgehead atoms. The van der Waals surface area contributed by atoms with Crippen LogP contribution in [0.1, 0.15) is 18.4 Å². The molecule has 0 unspecified atom stereocenters. The van der Waals surface area contributed by atoms with Gasteiger partial charge in [-0.3, -0.25) is 0 Å². The van der Waals surface area contributed by atoms with E-state index in [-0.39, 0.29) is 6.10 Å². The monoisotopic (exact) mass is 326 g/mol. The van der Waals surface area contributed by atoms with E-state index in [1.54, 1.807) is 6.20 Å². The van der Waals surface area contributed by atoms with Crippen LogP contribution in [0.2, 0.25) is 0 Å². The Kier molecular flexibility index (Phi) is 4.21. The SMILES string of the molecule is O[C@H]1CCCN(c2ccnc(N3CCOc4ccccc4C3)n2)C1. The molecule has 1 aromatic heterocycles. The van der Waals surface area contributed by atoms with Gasteiger partial charge in [-0.05, 0) is 25.0 Å². The summed E-state index contributed by atoms with van der Waals surface area (Å²) in [5.41, 5.74) is 1.15. The number of rotatable bonds is 2. The number of nitrogens with zero attached hydrogens (tertiary/aromatic N) is 4. The van der Waals surface area contributed by atoms with Gasteiger partial charge in [-0.1, -0.05) is 18.2 Å². The smallest absolute Gasteiger partial charge is 0.227 e. The average Bonchev–Trinajstić information content (AvgIpc) is 2.84. The molecule has 0 aliphatic carbocycles. The molecule has 1 N–H and O–H groups in total. The van der Waals surface area contributed by atoms with Gasteiger partial charge < -0.3 is 19.6 Å². The minimum Gasteiger partial charge on any atom is -0.491 e. The Morgan fingerprint density at radius 2 is 2.04 bits per heavy atom. The van der Waals surface area contributed by atoms with Crippen LogP contribution in [-0.4, -0.2) is 47.4 Å². The van der Waals surface area contributed by atoms with Gasteiger partial charge in [0.2, 0.25) is 5.95 Å². The molecule has 2 aliphatic rings. The lowest BCUT2D eigenvalue weighted by Gasteiger charge is -2.31. The predicted octanol–water partition coefficient (Wildman–Crippen LogP) is 1.84. The zero-order valence-electron chi connectivity index (χ0n) is 13.6. The van der Waals surface area contributed by atoms with E-state index in [0.717, 1.165) is 49.6 Å². The van der Waals surface area contributed by atoms with Crippen molar-refractivity contribution >= 4 is 11.8 Å². The maximum absolute atomic E-state index is 9.89. The van der Waals surface area contributed by atoms with E-state index in [0.29, 0.717) is 19.1 Å². The predicted molar refractivity (Wildman–Crippen MR) is 92.5 cm³/mol. The van der Waals surface area contributed by atoms with Crippen molar-refractivity contribution in [3.05, 3.63) is 42.1 Å². The van der Waals surface area contributed by atoms with Crippen LogP contribution in [0.3, 0.4) is 0 Å². The summed E-state index contributed by atoms with van der Waals surface area (Å²) in [4.78, 5) is 13.5. The lowest BCUT2D eigenvalue weighted by Crippen LogP contribution is -2.39. The van der Waals surface area contributed by atoms with E-state index in [1.807, 2.05) is 24.3 Å². The highest BCUT2D eigenvalue weighted by atomic mass is 16.5. The van der Waals surface area contributed by atoms with Crippen LogP contribution in [-0.2, 0) is 6.54 Å². The van der Waals surface area contributed by atoms with E-state index >= 15 is 0 Å². The van der Waals surface area contributed by atoms with Gasteiger partial charge >= 0.3 is 0 Å². The first-order chi connectivity index (χ1) is 11.8. The molecule has 1 aromatic carbocycles. The number of ether oxygens (including phenoxy) is 1. The fourth-order valence-corrected chi connectivity index (χ4v) is 3.33. The molecule has 3 heterocycles. The summed E-state index contributed by atoms with van der Waals surface area (Å²) in [5, 5.41) is 9.89. The largest absolute Gasteiger partial charge is 0.491 e. The normalized spacial score (nSPS) is 21.0. The summed E-state index contributed by atoms with van der Waals surface area (Å²) in [5.74, 6) is 2.54. The molecule has 24 heavy (non-hydrogen) atoms. The minimum atomic E-state index is -0.268. The molecule has 0 saturated carbocycles. The average molecular weight is 326 g/mol. The van der Waals surface area contributed by atoms with E-state index in [2.05, 4.69) is 20.9 Å². The first-order valence-electron chi connectivity index (χ1n) is 8.51. The van der Waals surface area contributed by atoms with Crippen molar-refractivity contribution in [2.24, 2.45) is 0 Å². The molecule has 6 heteroatoms. The molecular formula is C18H22N4O2. The fourth-order valence-electron chi connectivity index (χ4n) is 3.33. The van der Waals surface area contributed by atoms with Crippen LogP contribution in [0.15, 0.2) is 36.5 Å². The fraction of sp³-hybridized carbons (Fsp3) is 0.444. The Hall–Kier alpha value is -2.34. The number of hydrogen-bond donors (Lipinski definition) is 1. The second-order valence-corrected chi connectivity index (χ2v) is 6.33. The van der Waals surface area contributed by atoms with Crippen LogP contribution in [0.4, 0.5) is 11.8 Å². The molecule has 6 nitrogen and oxygen atoms in total. The number of anilines is 2. The molecule has 2 aliphatic heterocycles. The zero-order chi connectivity index (χ0) is 16.4. The lowest BCUT2D eigenvalue weighted by atomic mass is 10.1. The van der Waals surface area contributed by atoms with Gasteiger partial charge in [0.1, 0.15) is 18.2 Å². The maximum atomic E-state index is 9.89. The van der Waals surface area contributed by atoms with Crippen LogP contribution in [0, 0.1) is 0 Å². The summed E-state index contributed by atoms with van der Waals surface area (Å²) in [6.07, 6.45) is 3.40. The van der Waals surface area contributed by atoms with E-state index in [9.17, 15) is 5.11 Å². The number of β-amino-alcohol motifs (C(OH)–C–C–N with tert-alkyl or cyclic N) is 1. The Morgan fingerprint density at radius 1 is 1.12 bits per heavy atom. The van der Waals surface area contributed by atoms with E-state index in [1.165, 1.54) is 0 Å². The number of hydrogen-bond acceptors (Lipinski definition) is 6. The van der Waals surface area contributed by atoms with Crippen molar-refractivity contribution in [2.75, 3.05) is 36.0 Å². The first-order valence-corrected chi connectivity index (χ1v) is 8.51. The second kappa shape index (κ2) is 6.65. The minimum absolute atomic E-state index is 0.268. The summed E-state index contributed by atoms with van der Waals surface area (Å²) in [7, 11) is 0. The quantitative estimate of drug-likeness (QED) is 0.909. The zero-order valence-corrected chi connectivity index (χ0v) is 13.6. The number of benzene rings is 1. The second-order valence-electron chi connectivity index (χ2n) is 6.33. The standard InChI is InChI=1S/C18H22N4O2/c23-15-5-3-9-21(13-15)17-7-8-19-18(20-17)22-10-11-24-16-6-2-1-4-14(16)12-22/h1-2,4,6-8,15,23H,3,5,9-13H2/t15-/m0/s1. The molecule has 2 aromatic rings. The highest BCUT2D eigenvalue weighted by Gasteiger charge is 2.21. The Bertz CT molecular complexity index is 709. The van der Waals surface area contributed by atoms with Gasteiger partial charge in [0.25, 0.3) is 0 Å². The van der Waals surface area contributed by atoms with Crippen LogP contribution in [0.5, 0.6) is 5.75 Å². The van der Waals surface area contributed by atoms with Gasteiger partial charge in [0, 0.05) is 31.4 Å². The lowest BCUT2D eigenvalue weighted by molar-refractivity contribution is 0.154.